The van der Waals surface area contributed by atoms with Crippen LogP contribution in [0.3, 0.4) is 0 Å². The smallest absolute Gasteiger partial charge is 0.274 e. The topological polar surface area (TPSA) is 42.0 Å². The van der Waals surface area contributed by atoms with Crippen molar-refractivity contribution in [2.75, 3.05) is 5.32 Å². The quantitative estimate of drug-likeness (QED) is 0.759. The highest BCUT2D eigenvalue weighted by Gasteiger charge is 2.07. The van der Waals surface area contributed by atoms with Crippen molar-refractivity contribution in [3.63, 3.8) is 0 Å². The molecule has 0 fully saturated rings. The van der Waals surface area contributed by atoms with Gasteiger partial charge in [-0.2, -0.15) is 0 Å². The second-order valence-corrected chi connectivity index (χ2v) is 5.85. The molecule has 0 unspecified atom stereocenters. The summed E-state index contributed by atoms with van der Waals surface area (Å²) in [6.45, 7) is 0. The Balaban J connectivity index is 1.83. The van der Waals surface area contributed by atoms with Crippen LogP contribution in [-0.4, -0.2) is 10.9 Å². The first-order valence-electron chi connectivity index (χ1n) is 5.62. The van der Waals surface area contributed by atoms with Crippen molar-refractivity contribution in [2.24, 2.45) is 0 Å². The van der Waals surface area contributed by atoms with E-state index < -0.39 is 0 Å². The fourth-order valence-corrected chi connectivity index (χ4v) is 2.76. The fourth-order valence-electron chi connectivity index (χ4n) is 1.75. The zero-order valence-electron chi connectivity index (χ0n) is 9.76. The van der Waals surface area contributed by atoms with Gasteiger partial charge in [-0.05, 0) is 63.1 Å². The molecule has 94 valence electrons. The highest BCUT2D eigenvalue weighted by atomic mass is 79.9. The number of nitrogens with zero attached hydrogens (tertiary/aromatic N) is 1. The van der Waals surface area contributed by atoms with Crippen LogP contribution in [-0.2, 0) is 0 Å². The van der Waals surface area contributed by atoms with Crippen molar-refractivity contribution in [3.05, 3.63) is 58.1 Å². The molecule has 0 aliphatic heterocycles. The second kappa shape index (κ2) is 5.11. The van der Waals surface area contributed by atoms with E-state index in [-0.39, 0.29) is 5.91 Å². The maximum Gasteiger partial charge on any atom is 0.274 e. The Morgan fingerprint density at radius 3 is 2.89 bits per heavy atom. The molecule has 0 aliphatic carbocycles. The molecule has 2 heterocycles. The van der Waals surface area contributed by atoms with E-state index in [1.807, 2.05) is 29.6 Å². The van der Waals surface area contributed by atoms with Gasteiger partial charge in [0.05, 0.1) is 0 Å². The largest absolute Gasteiger partial charge is 0.321 e. The SMILES string of the molecule is O=C(Nc1ccc2sccc2c1)c1ccc(Br)cn1. The Bertz CT molecular complexity index is 737. The van der Waals surface area contributed by atoms with Crippen LogP contribution in [0.5, 0.6) is 0 Å². The van der Waals surface area contributed by atoms with Crippen LogP contribution in [0.1, 0.15) is 10.5 Å². The Labute approximate surface area is 122 Å². The first kappa shape index (κ1) is 12.3. The van der Waals surface area contributed by atoms with Crippen molar-refractivity contribution >= 4 is 48.9 Å². The van der Waals surface area contributed by atoms with Gasteiger partial charge in [0.2, 0.25) is 0 Å². The van der Waals surface area contributed by atoms with Crippen LogP contribution < -0.4 is 5.32 Å². The summed E-state index contributed by atoms with van der Waals surface area (Å²) >= 11 is 4.97. The van der Waals surface area contributed by atoms with Crippen LogP contribution in [0.4, 0.5) is 5.69 Å². The number of hydrogen-bond acceptors (Lipinski definition) is 3. The fraction of sp³-hybridized carbons (Fsp3) is 0. The Morgan fingerprint density at radius 1 is 1.21 bits per heavy atom. The monoisotopic (exact) mass is 332 g/mol. The highest BCUT2D eigenvalue weighted by Crippen LogP contribution is 2.24. The molecule has 3 nitrogen and oxygen atoms in total. The van der Waals surface area contributed by atoms with E-state index in [0.717, 1.165) is 15.5 Å². The molecule has 2 aromatic heterocycles. The van der Waals surface area contributed by atoms with Gasteiger partial charge in [0, 0.05) is 21.1 Å². The number of thiophene rings is 1. The Morgan fingerprint density at radius 2 is 2.11 bits per heavy atom. The minimum absolute atomic E-state index is 0.206. The molecule has 5 heteroatoms. The maximum absolute atomic E-state index is 12.0. The van der Waals surface area contributed by atoms with Crippen LogP contribution in [0, 0.1) is 0 Å². The molecule has 0 saturated carbocycles. The standard InChI is InChI=1S/C14H9BrN2OS/c15-10-1-3-12(16-8-10)14(18)17-11-2-4-13-9(7-11)5-6-19-13/h1-8H,(H,17,18). The number of benzene rings is 1. The molecule has 1 aromatic carbocycles. The number of carbonyl (C=O) groups excluding carboxylic acids is 1. The van der Waals surface area contributed by atoms with Gasteiger partial charge in [0.15, 0.2) is 0 Å². The molecule has 0 bridgehead atoms. The van der Waals surface area contributed by atoms with Crippen molar-refractivity contribution in [1.29, 1.82) is 0 Å². The Hall–Kier alpha value is -1.72. The van der Waals surface area contributed by atoms with Crippen molar-refractivity contribution in [2.45, 2.75) is 0 Å². The number of aromatic nitrogens is 1. The lowest BCUT2D eigenvalue weighted by atomic mass is 10.2. The van der Waals surface area contributed by atoms with Crippen LogP contribution >= 0.6 is 27.3 Å². The van der Waals surface area contributed by atoms with Gasteiger partial charge in [0.25, 0.3) is 5.91 Å². The number of amides is 1. The van der Waals surface area contributed by atoms with Gasteiger partial charge in [-0.3, -0.25) is 4.79 Å². The van der Waals surface area contributed by atoms with E-state index in [1.165, 1.54) is 4.70 Å². The van der Waals surface area contributed by atoms with Gasteiger partial charge < -0.3 is 5.32 Å². The van der Waals surface area contributed by atoms with Gasteiger partial charge >= 0.3 is 0 Å². The van der Waals surface area contributed by atoms with Gasteiger partial charge in [-0.25, -0.2) is 4.98 Å². The normalized spacial score (nSPS) is 10.6. The summed E-state index contributed by atoms with van der Waals surface area (Å²) in [5.41, 5.74) is 1.18. The zero-order valence-corrected chi connectivity index (χ0v) is 12.2. The zero-order chi connectivity index (χ0) is 13.2. The average molecular weight is 333 g/mol. The van der Waals surface area contributed by atoms with Crippen molar-refractivity contribution in [3.8, 4) is 0 Å². The van der Waals surface area contributed by atoms with E-state index in [9.17, 15) is 4.79 Å². The number of fused-ring (bicyclic) bond motifs is 1. The van der Waals surface area contributed by atoms with Crippen LogP contribution in [0.25, 0.3) is 10.1 Å². The summed E-state index contributed by atoms with van der Waals surface area (Å²) in [4.78, 5) is 16.1. The molecule has 0 aliphatic rings. The van der Waals surface area contributed by atoms with E-state index in [0.29, 0.717) is 5.69 Å². The first-order valence-corrected chi connectivity index (χ1v) is 7.30. The Kier molecular flexibility index (Phi) is 3.31. The lowest BCUT2D eigenvalue weighted by Crippen LogP contribution is -2.13. The summed E-state index contributed by atoms with van der Waals surface area (Å²) in [5, 5.41) is 6.01. The van der Waals surface area contributed by atoms with Gasteiger partial charge in [-0.15, -0.1) is 11.3 Å². The van der Waals surface area contributed by atoms with E-state index >= 15 is 0 Å². The summed E-state index contributed by atoms with van der Waals surface area (Å²) < 4.78 is 2.06. The average Bonchev–Trinajstić information content (AvgIpc) is 2.87. The molecule has 1 N–H and O–H groups in total. The third kappa shape index (κ3) is 2.67. The number of carbonyl (C=O) groups is 1. The molecule has 0 atom stereocenters. The predicted molar refractivity (Wildman–Crippen MR) is 81.7 cm³/mol. The molecule has 3 aromatic rings. The summed E-state index contributed by atoms with van der Waals surface area (Å²) in [5.74, 6) is -0.206. The summed E-state index contributed by atoms with van der Waals surface area (Å²) in [6, 6.07) is 11.4. The summed E-state index contributed by atoms with van der Waals surface area (Å²) in [6.07, 6.45) is 1.61. The molecule has 3 rings (SSSR count). The minimum atomic E-state index is -0.206. The maximum atomic E-state index is 12.0. The van der Waals surface area contributed by atoms with Crippen molar-refractivity contribution < 1.29 is 4.79 Å². The molecule has 0 saturated heterocycles. The molecular formula is C14H9BrN2OS. The molecule has 19 heavy (non-hydrogen) atoms. The van der Waals surface area contributed by atoms with Gasteiger partial charge in [0.1, 0.15) is 5.69 Å². The number of hydrogen-bond donors (Lipinski definition) is 1. The van der Waals surface area contributed by atoms with Crippen LogP contribution in [0.15, 0.2) is 52.4 Å². The van der Waals surface area contributed by atoms with E-state index in [1.54, 1.807) is 29.7 Å². The van der Waals surface area contributed by atoms with Gasteiger partial charge in [-0.1, -0.05) is 0 Å². The predicted octanol–water partition coefficient (Wildman–Crippen LogP) is 4.31. The number of rotatable bonds is 2. The third-order valence-electron chi connectivity index (χ3n) is 2.67. The third-order valence-corrected chi connectivity index (χ3v) is 4.04. The highest BCUT2D eigenvalue weighted by molar-refractivity contribution is 9.10. The molecule has 1 amide bonds. The number of nitrogens with one attached hydrogen (secondary N) is 1. The number of halogens is 1. The number of anilines is 1. The number of pyridine rings is 1. The molecule has 0 radical (unpaired) electrons. The van der Waals surface area contributed by atoms with Crippen LogP contribution in [0.2, 0.25) is 0 Å². The van der Waals surface area contributed by atoms with E-state index in [2.05, 4.69) is 26.2 Å². The lowest BCUT2D eigenvalue weighted by molar-refractivity contribution is 0.102. The van der Waals surface area contributed by atoms with E-state index in [4.69, 9.17) is 0 Å². The van der Waals surface area contributed by atoms with Crippen molar-refractivity contribution in [1.82, 2.24) is 4.98 Å². The summed E-state index contributed by atoms with van der Waals surface area (Å²) in [7, 11) is 0. The molecule has 0 spiro atoms. The lowest BCUT2D eigenvalue weighted by Gasteiger charge is -2.04. The molecular weight excluding hydrogens is 324 g/mol. The first-order chi connectivity index (χ1) is 9.22. The second-order valence-electron chi connectivity index (χ2n) is 3.99. The minimum Gasteiger partial charge on any atom is -0.321 e.